The summed E-state index contributed by atoms with van der Waals surface area (Å²) in [6.07, 6.45) is 1.62. The zero-order chi connectivity index (χ0) is 37.0. The number of carbonyl (C=O) groups is 2. The first-order valence-electron chi connectivity index (χ1n) is 16.4. The first kappa shape index (κ1) is 38.5. The lowest BCUT2D eigenvalue weighted by atomic mass is 10.0. The first-order valence-corrected chi connectivity index (χ1v) is 17.8. The highest BCUT2D eigenvalue weighted by atomic mass is 32.2. The van der Waals surface area contributed by atoms with Gasteiger partial charge in [-0.2, -0.15) is 0 Å². The van der Waals surface area contributed by atoms with Crippen LogP contribution >= 0.6 is 0 Å². The zero-order valence-corrected chi connectivity index (χ0v) is 30.2. The molecule has 11 nitrogen and oxygen atoms in total. The Labute approximate surface area is 298 Å². The molecule has 51 heavy (non-hydrogen) atoms. The number of rotatable bonds is 18. The summed E-state index contributed by atoms with van der Waals surface area (Å²) >= 11 is 0. The number of nitrogens with zero attached hydrogens (tertiary/aromatic N) is 2. The summed E-state index contributed by atoms with van der Waals surface area (Å²) < 4.78 is 67.0. The molecular formula is C38H44FN3O8S. The summed E-state index contributed by atoms with van der Waals surface area (Å²) in [5.41, 5.74) is 0.903. The molecule has 13 heteroatoms. The Morgan fingerprint density at radius 1 is 0.804 bits per heavy atom. The van der Waals surface area contributed by atoms with Crippen LogP contribution in [0, 0.1) is 5.82 Å². The largest absolute Gasteiger partial charge is 0.497 e. The maximum Gasteiger partial charge on any atom is 0.265 e. The minimum absolute atomic E-state index is 0.00201. The van der Waals surface area contributed by atoms with E-state index in [0.717, 1.165) is 16.3 Å². The highest BCUT2D eigenvalue weighted by molar-refractivity contribution is 7.92. The SMILES string of the molecule is CCCCNC(=O)[C@H](Cc1ccccc1)N(Cc1ccccc1F)C(=O)CN(c1cc(OC)ccc1OC)S(=O)(=O)c1ccc(OC)c(OC)c1. The summed E-state index contributed by atoms with van der Waals surface area (Å²) in [7, 11) is 1.03. The quantitative estimate of drug-likeness (QED) is 0.132. The van der Waals surface area contributed by atoms with E-state index in [1.54, 1.807) is 12.1 Å². The Morgan fingerprint density at radius 2 is 1.47 bits per heavy atom. The van der Waals surface area contributed by atoms with Crippen molar-refractivity contribution in [1.29, 1.82) is 0 Å². The van der Waals surface area contributed by atoms with Crippen molar-refractivity contribution in [1.82, 2.24) is 10.2 Å². The average Bonchev–Trinajstić information content (AvgIpc) is 3.15. The standard InChI is InChI=1S/C38H44FN3O8S/c1-6-7-21-40-38(44)33(22-27-13-9-8-10-14-27)41(25-28-15-11-12-16-31(28)39)37(43)26-42(32-23-29(47-2)17-19-34(32)48-3)51(45,46)30-18-20-35(49-4)36(24-30)50-5/h8-20,23-24,33H,6-7,21-22,25-26H2,1-5H3,(H,40,44)/t33-/m0/s1. The Bertz CT molecular complexity index is 1890. The predicted octanol–water partition coefficient (Wildman–Crippen LogP) is 5.61. The summed E-state index contributed by atoms with van der Waals surface area (Å²) in [5, 5.41) is 2.92. The van der Waals surface area contributed by atoms with Gasteiger partial charge in [0.25, 0.3) is 10.0 Å². The molecule has 0 saturated carbocycles. The molecule has 0 aliphatic carbocycles. The van der Waals surface area contributed by atoms with Crippen molar-refractivity contribution >= 4 is 27.5 Å². The predicted molar refractivity (Wildman–Crippen MR) is 192 cm³/mol. The van der Waals surface area contributed by atoms with E-state index in [1.165, 1.54) is 81.9 Å². The molecule has 0 heterocycles. The Balaban J connectivity index is 1.89. The minimum Gasteiger partial charge on any atom is -0.497 e. The van der Waals surface area contributed by atoms with Crippen molar-refractivity contribution < 1.29 is 41.3 Å². The van der Waals surface area contributed by atoms with Gasteiger partial charge in [-0.3, -0.25) is 13.9 Å². The number of methoxy groups -OCH3 is 4. The zero-order valence-electron chi connectivity index (χ0n) is 29.4. The molecule has 0 aromatic heterocycles. The number of anilines is 1. The second kappa shape index (κ2) is 18.1. The van der Waals surface area contributed by atoms with Crippen LogP contribution in [-0.4, -0.2) is 72.7 Å². The van der Waals surface area contributed by atoms with Crippen LogP contribution in [0.2, 0.25) is 0 Å². The van der Waals surface area contributed by atoms with Gasteiger partial charge >= 0.3 is 0 Å². The number of carbonyl (C=O) groups excluding carboxylic acids is 2. The number of nitrogens with one attached hydrogen (secondary N) is 1. The molecule has 0 spiro atoms. The van der Waals surface area contributed by atoms with E-state index in [0.29, 0.717) is 24.5 Å². The van der Waals surface area contributed by atoms with Crippen LogP contribution in [0.5, 0.6) is 23.0 Å². The molecule has 0 bridgehead atoms. The van der Waals surface area contributed by atoms with Crippen molar-refractivity contribution in [3.05, 3.63) is 108 Å². The number of sulfonamides is 1. The van der Waals surface area contributed by atoms with Crippen LogP contribution in [0.4, 0.5) is 10.1 Å². The van der Waals surface area contributed by atoms with Gasteiger partial charge in [-0.15, -0.1) is 0 Å². The molecule has 1 atom stereocenters. The van der Waals surface area contributed by atoms with Crippen LogP contribution in [0.25, 0.3) is 0 Å². The molecule has 4 rings (SSSR count). The highest BCUT2D eigenvalue weighted by Gasteiger charge is 2.36. The van der Waals surface area contributed by atoms with Gasteiger partial charge in [0.05, 0.1) is 39.0 Å². The maximum absolute atomic E-state index is 15.2. The number of halogens is 1. The number of hydrogen-bond acceptors (Lipinski definition) is 8. The molecule has 4 aromatic rings. The average molecular weight is 722 g/mol. The third-order valence-electron chi connectivity index (χ3n) is 8.28. The third kappa shape index (κ3) is 9.48. The second-order valence-electron chi connectivity index (χ2n) is 11.5. The molecule has 0 aliphatic heterocycles. The molecule has 0 unspecified atom stereocenters. The summed E-state index contributed by atoms with van der Waals surface area (Å²) in [6, 6.07) is 22.5. The van der Waals surface area contributed by atoms with E-state index >= 15 is 4.39 Å². The van der Waals surface area contributed by atoms with Crippen LogP contribution in [0.1, 0.15) is 30.9 Å². The summed E-state index contributed by atoms with van der Waals surface area (Å²) in [6.45, 7) is 1.25. The molecule has 0 fully saturated rings. The van der Waals surface area contributed by atoms with Gasteiger partial charge in [0.15, 0.2) is 11.5 Å². The molecule has 2 amide bonds. The minimum atomic E-state index is -4.56. The van der Waals surface area contributed by atoms with Gasteiger partial charge in [0.1, 0.15) is 29.9 Å². The van der Waals surface area contributed by atoms with E-state index < -0.39 is 40.2 Å². The van der Waals surface area contributed by atoms with Crippen LogP contribution in [0.3, 0.4) is 0 Å². The molecule has 1 N–H and O–H groups in total. The number of unbranched alkanes of at least 4 members (excludes halogenated alkanes) is 1. The van der Waals surface area contributed by atoms with Crippen LogP contribution in [0.15, 0.2) is 95.9 Å². The van der Waals surface area contributed by atoms with Gasteiger partial charge in [0.2, 0.25) is 11.8 Å². The molecule has 0 aliphatic rings. The Hall–Kier alpha value is -5.30. The van der Waals surface area contributed by atoms with Gasteiger partial charge < -0.3 is 29.2 Å². The molecule has 272 valence electrons. The van der Waals surface area contributed by atoms with E-state index in [9.17, 15) is 18.0 Å². The van der Waals surface area contributed by atoms with Crippen molar-refractivity contribution in [3.8, 4) is 23.0 Å². The Kier molecular flexibility index (Phi) is 13.7. The lowest BCUT2D eigenvalue weighted by Crippen LogP contribution is -2.53. The van der Waals surface area contributed by atoms with Crippen LogP contribution < -0.4 is 28.6 Å². The van der Waals surface area contributed by atoms with Crippen molar-refractivity contribution in [3.63, 3.8) is 0 Å². The van der Waals surface area contributed by atoms with Gasteiger partial charge in [-0.1, -0.05) is 61.9 Å². The van der Waals surface area contributed by atoms with Crippen LogP contribution in [-0.2, 0) is 32.6 Å². The number of ether oxygens (including phenoxy) is 4. The smallest absolute Gasteiger partial charge is 0.265 e. The van der Waals surface area contributed by atoms with Gasteiger partial charge in [-0.25, -0.2) is 12.8 Å². The van der Waals surface area contributed by atoms with Crippen molar-refractivity contribution in [2.45, 2.75) is 43.7 Å². The number of amides is 2. The normalized spacial score (nSPS) is 11.6. The summed E-state index contributed by atoms with van der Waals surface area (Å²) in [4.78, 5) is 29.7. The highest BCUT2D eigenvalue weighted by Crippen LogP contribution is 2.38. The fraction of sp³-hybridized carbons (Fsp3) is 0.316. The maximum atomic E-state index is 15.2. The molecular weight excluding hydrogens is 677 g/mol. The van der Waals surface area contributed by atoms with Crippen molar-refractivity contribution in [2.75, 3.05) is 45.8 Å². The fourth-order valence-corrected chi connectivity index (χ4v) is 6.91. The number of hydrogen-bond donors (Lipinski definition) is 1. The van der Waals surface area contributed by atoms with Gasteiger partial charge in [-0.05, 0) is 42.3 Å². The Morgan fingerprint density at radius 3 is 2.12 bits per heavy atom. The fourth-order valence-electron chi connectivity index (χ4n) is 5.48. The lowest BCUT2D eigenvalue weighted by Gasteiger charge is -2.34. The van der Waals surface area contributed by atoms with E-state index in [1.807, 2.05) is 37.3 Å². The lowest BCUT2D eigenvalue weighted by molar-refractivity contribution is -0.140. The first-order chi connectivity index (χ1) is 24.6. The second-order valence-corrected chi connectivity index (χ2v) is 13.4. The third-order valence-corrected chi connectivity index (χ3v) is 10.0. The molecule has 4 aromatic carbocycles. The number of benzene rings is 4. The topological polar surface area (TPSA) is 124 Å². The van der Waals surface area contributed by atoms with Gasteiger partial charge in [0, 0.05) is 37.2 Å². The monoisotopic (exact) mass is 721 g/mol. The van der Waals surface area contributed by atoms with E-state index in [2.05, 4.69) is 5.32 Å². The molecule has 0 radical (unpaired) electrons. The van der Waals surface area contributed by atoms with E-state index in [4.69, 9.17) is 18.9 Å². The van der Waals surface area contributed by atoms with E-state index in [-0.39, 0.29) is 40.6 Å². The summed E-state index contributed by atoms with van der Waals surface area (Å²) in [5.74, 6) is -0.923. The van der Waals surface area contributed by atoms with Crippen molar-refractivity contribution in [2.24, 2.45) is 0 Å². The molecule has 0 saturated heterocycles.